The highest BCUT2D eigenvalue weighted by Crippen LogP contribution is 2.38. The van der Waals surface area contributed by atoms with Gasteiger partial charge in [-0.1, -0.05) is 0 Å². The Morgan fingerprint density at radius 2 is 0.708 bits per heavy atom. The molecule has 2 saturated carbocycles. The molecule has 34 N–H and O–H groups in total. The molecule has 49 heteroatoms. The predicted molar refractivity (Wildman–Crippen MR) is 300 cm³/mol. The van der Waals surface area contributed by atoms with Gasteiger partial charge in [0.2, 0.25) is 12.6 Å². The number of nitrogens with two attached hydrogens (primary N) is 8. The highest BCUT2D eigenvalue weighted by atomic mass is 32.3. The number of hydrogen-bond donors (Lipinski definition) is 26. The number of ether oxygens (including phenoxy) is 8. The van der Waals surface area contributed by atoms with E-state index >= 15 is 0 Å². The van der Waals surface area contributed by atoms with Gasteiger partial charge in [-0.05, 0) is 79.6 Å². The van der Waals surface area contributed by atoms with Gasteiger partial charge in [-0.3, -0.25) is 45.5 Å². The molecule has 2 saturated heterocycles. The fourth-order valence-corrected chi connectivity index (χ4v) is 9.29. The Bertz CT molecular complexity index is 2490. The zero-order chi connectivity index (χ0) is 70.2. The third kappa shape index (κ3) is 32.5. The molecule has 0 spiro atoms. The van der Waals surface area contributed by atoms with E-state index in [1.807, 2.05) is 0 Å². The molecule has 0 radical (unpaired) electrons. The maximum Gasteiger partial charge on any atom is 0.394 e. The zero-order valence-electron chi connectivity index (χ0n) is 48.4. The Hall–Kier alpha value is -2.45. The van der Waals surface area contributed by atoms with Crippen LogP contribution < -0.4 is 56.5 Å². The first-order valence-electron chi connectivity index (χ1n) is 25.5. The van der Waals surface area contributed by atoms with Crippen LogP contribution in [0.15, 0.2) is 23.7 Å². The molecule has 4 heterocycles. The van der Waals surface area contributed by atoms with Crippen molar-refractivity contribution in [1.82, 2.24) is 10.6 Å². The second kappa shape index (κ2) is 35.3. The van der Waals surface area contributed by atoms with E-state index < -0.39 is 185 Å². The van der Waals surface area contributed by atoms with Crippen molar-refractivity contribution in [3.05, 3.63) is 23.7 Å². The summed E-state index contributed by atoms with van der Waals surface area (Å²) in [7, 11) is -20.1. The van der Waals surface area contributed by atoms with Crippen LogP contribution in [0.5, 0.6) is 0 Å². The molecule has 89 heavy (non-hydrogen) atoms. The van der Waals surface area contributed by atoms with Crippen molar-refractivity contribution < 1.29 is 156 Å². The standard InChI is InChI=1S/2C20H39N5O7.5H2O4S/c2*1-19(28)8-29-20(2,17(27)16(19)25-3)32-15-12(24)6-11(23)14(13(15)26)31-18-10(22)5-4-9(7-21)30-18;5*1-5(2,3)4/h2*4,10-18,25-28H,5-8,21-24H2,1-3H3;5*(H2,1,2,3,4). The van der Waals surface area contributed by atoms with Gasteiger partial charge in [0.1, 0.15) is 71.6 Å². The quantitative estimate of drug-likeness (QED) is 0.0807. The Labute approximate surface area is 512 Å². The summed E-state index contributed by atoms with van der Waals surface area (Å²) < 4.78 is 205. The molecule has 22 unspecified atom stereocenters. The maximum absolute atomic E-state index is 11.1. The molecule has 0 amide bonds. The molecule has 0 aromatic heterocycles. The second-order valence-electron chi connectivity index (χ2n) is 21.0. The maximum atomic E-state index is 11.1. The molecule has 532 valence electrons. The average Bonchev–Trinajstić information content (AvgIpc) is 0.828. The van der Waals surface area contributed by atoms with Crippen molar-refractivity contribution in [3.8, 4) is 0 Å². The molecule has 4 aliphatic heterocycles. The first-order chi connectivity index (χ1) is 39.9. The van der Waals surface area contributed by atoms with E-state index in [1.165, 1.54) is 0 Å². The molecule has 2 aliphatic carbocycles. The largest absolute Gasteiger partial charge is 0.467 e. The molecule has 0 aromatic rings. The number of rotatable bonds is 12. The lowest BCUT2D eigenvalue weighted by atomic mass is 9.83. The fraction of sp³-hybridized carbons (Fsp3) is 0.900. The van der Waals surface area contributed by atoms with Crippen LogP contribution in [-0.2, 0) is 89.9 Å². The summed E-state index contributed by atoms with van der Waals surface area (Å²) in [5.41, 5.74) is 45.9. The minimum Gasteiger partial charge on any atom is -0.467 e. The third-order valence-electron chi connectivity index (χ3n) is 13.3. The van der Waals surface area contributed by atoms with Crippen molar-refractivity contribution in [2.75, 3.05) is 40.4 Å². The molecule has 0 bridgehead atoms. The number of aliphatic hydroxyl groups is 6. The van der Waals surface area contributed by atoms with Crippen LogP contribution in [0.4, 0.5) is 0 Å². The molecule has 0 aromatic carbocycles. The molecule has 22 atom stereocenters. The molecular formula is C40H88N10O34S5. The highest BCUT2D eigenvalue weighted by molar-refractivity contribution is 7.80. The van der Waals surface area contributed by atoms with E-state index in [1.54, 1.807) is 53.9 Å². The van der Waals surface area contributed by atoms with Crippen LogP contribution in [0.2, 0.25) is 0 Å². The van der Waals surface area contributed by atoms with Crippen LogP contribution in [-0.4, -0.2) is 291 Å². The van der Waals surface area contributed by atoms with Crippen LogP contribution in [0.25, 0.3) is 0 Å². The molecular weight excluding hydrogens is 1320 g/mol. The van der Waals surface area contributed by atoms with Gasteiger partial charge in [0.15, 0.2) is 11.6 Å². The van der Waals surface area contributed by atoms with Crippen LogP contribution in [0.1, 0.15) is 53.4 Å². The summed E-state index contributed by atoms with van der Waals surface area (Å²) in [6, 6.07) is -4.88. The molecule has 44 nitrogen and oxygen atoms in total. The van der Waals surface area contributed by atoms with Crippen molar-refractivity contribution in [2.24, 2.45) is 45.9 Å². The molecule has 4 fully saturated rings. The Balaban J connectivity index is 0.00000126. The van der Waals surface area contributed by atoms with E-state index in [-0.39, 0.29) is 39.1 Å². The van der Waals surface area contributed by atoms with E-state index in [9.17, 15) is 30.6 Å². The Kier molecular flexibility index (Phi) is 34.4. The van der Waals surface area contributed by atoms with Gasteiger partial charge in [-0.15, -0.1) is 0 Å². The van der Waals surface area contributed by atoms with Gasteiger partial charge in [0, 0.05) is 24.2 Å². The van der Waals surface area contributed by atoms with Gasteiger partial charge in [-0.25, -0.2) is 0 Å². The van der Waals surface area contributed by atoms with Crippen LogP contribution >= 0.6 is 0 Å². The number of nitrogens with one attached hydrogen (secondary N) is 2. The lowest BCUT2D eigenvalue weighted by molar-refractivity contribution is -0.356. The van der Waals surface area contributed by atoms with E-state index in [0.29, 0.717) is 24.4 Å². The summed E-state index contributed by atoms with van der Waals surface area (Å²) in [6.45, 7) is 6.40. The van der Waals surface area contributed by atoms with Crippen LogP contribution in [0, 0.1) is 0 Å². The number of likely N-dealkylation sites (N-methyl/N-ethyl adjacent to an activating group) is 2. The summed E-state index contributed by atoms with van der Waals surface area (Å²) >= 11 is 0. The Morgan fingerprint density at radius 3 is 0.933 bits per heavy atom. The predicted octanol–water partition coefficient (Wildman–Crippen LogP) is -10.2. The first kappa shape index (κ1) is 86.5. The second-order valence-corrected chi connectivity index (χ2v) is 25.5. The molecule has 6 aliphatic rings. The minimum atomic E-state index is -4.67. The smallest absolute Gasteiger partial charge is 0.394 e. The van der Waals surface area contributed by atoms with Crippen molar-refractivity contribution in [3.63, 3.8) is 0 Å². The minimum absolute atomic E-state index is 0.0947. The topological polar surface area (TPSA) is 800 Å². The molecule has 6 rings (SSSR count). The van der Waals surface area contributed by atoms with E-state index in [0.717, 1.165) is 0 Å². The lowest BCUT2D eigenvalue weighted by Gasteiger charge is -2.52. The summed E-state index contributed by atoms with van der Waals surface area (Å²) in [5.74, 6) is -1.98. The van der Waals surface area contributed by atoms with Crippen molar-refractivity contribution in [1.29, 1.82) is 0 Å². The first-order valence-corrected chi connectivity index (χ1v) is 32.5. The van der Waals surface area contributed by atoms with Gasteiger partial charge in [-0.2, -0.15) is 42.1 Å². The van der Waals surface area contributed by atoms with Crippen molar-refractivity contribution in [2.45, 2.75) is 186 Å². The van der Waals surface area contributed by atoms with Crippen molar-refractivity contribution >= 4 is 52.0 Å². The fourth-order valence-electron chi connectivity index (χ4n) is 9.29. The van der Waals surface area contributed by atoms with E-state index in [4.69, 9.17) is 171 Å². The van der Waals surface area contributed by atoms with E-state index in [2.05, 4.69) is 10.6 Å². The number of hydrogen-bond acceptors (Lipinski definition) is 34. The average molecular weight is 1410 g/mol. The SMILES string of the molecule is CNC1C(O)C(C)(OC2C(N)CC(N)C(OC3OC(CN)=CCC3N)C2O)OCC1(C)O.CNC1C(O)C(C)(OC2C(N)CC(N)C(OC3OC(CN)=CCC3N)C2O)OCC1(C)O.O=S(=O)(O)O.O=S(=O)(O)O.O=S(=O)(O)O.O=S(=O)(O)O.O=S(=O)(O)O. The summed E-state index contributed by atoms with van der Waals surface area (Å²) in [4.78, 5) is 0. The van der Waals surface area contributed by atoms with Gasteiger partial charge < -0.3 is 125 Å². The van der Waals surface area contributed by atoms with Crippen LogP contribution in [0.3, 0.4) is 0 Å². The summed E-state index contributed by atoms with van der Waals surface area (Å²) in [6.07, 6.45) is -5.19. The zero-order valence-corrected chi connectivity index (χ0v) is 52.5. The van der Waals surface area contributed by atoms with Gasteiger partial charge in [0.05, 0.1) is 50.5 Å². The lowest BCUT2D eigenvalue weighted by Crippen LogP contribution is -2.72. The Morgan fingerprint density at radius 1 is 0.472 bits per heavy atom. The monoisotopic (exact) mass is 1410 g/mol. The normalized spacial score (nSPS) is 39.2. The highest BCUT2D eigenvalue weighted by Gasteiger charge is 2.58. The van der Waals surface area contributed by atoms with Gasteiger partial charge >= 0.3 is 52.0 Å². The number of aliphatic hydroxyl groups excluding tert-OH is 4. The third-order valence-corrected chi connectivity index (χ3v) is 13.3. The van der Waals surface area contributed by atoms with Gasteiger partial charge in [0.25, 0.3) is 0 Å². The summed E-state index contributed by atoms with van der Waals surface area (Å²) in [5, 5.41) is 70.9.